The van der Waals surface area contributed by atoms with E-state index in [4.69, 9.17) is 9.47 Å². The quantitative estimate of drug-likeness (QED) is 0.112. The lowest BCUT2D eigenvalue weighted by Crippen LogP contribution is -2.12. The molecule has 3 aromatic carbocycles. The van der Waals surface area contributed by atoms with Crippen molar-refractivity contribution in [3.63, 3.8) is 0 Å². The van der Waals surface area contributed by atoms with Gasteiger partial charge in [0.1, 0.15) is 23.5 Å². The Kier molecular flexibility index (Phi) is 8.68. The van der Waals surface area contributed by atoms with Gasteiger partial charge in [0.25, 0.3) is 0 Å². The number of benzene rings is 3. The van der Waals surface area contributed by atoms with Gasteiger partial charge in [-0.05, 0) is 95.4 Å². The molecule has 8 nitrogen and oxygen atoms in total. The maximum absolute atomic E-state index is 13.2. The zero-order valence-electron chi connectivity index (χ0n) is 21.3. The minimum atomic E-state index is -0.588. The SMILES string of the molecule is COc1cc([C@@H](C[N+](=O)[O-])Sc2nnc(C)n2-c2ccc(C)c(C)c2)cc(Br)c1OCc1ccc(F)cc1. The second-order valence-electron chi connectivity index (χ2n) is 8.70. The Balaban J connectivity index is 1.65. The summed E-state index contributed by atoms with van der Waals surface area (Å²) >= 11 is 4.80. The standard InChI is InChI=1S/C27H26BrFN4O4S/c1-16-5-10-22(11-17(16)2)33-18(3)30-31-27(33)38-25(14-32(34)35)20-12-23(28)26(24(13-20)36-4)37-15-19-6-8-21(29)9-7-19/h5-13,25H,14-15H2,1-4H3/t25-/m1/s1. The summed E-state index contributed by atoms with van der Waals surface area (Å²) in [6, 6.07) is 15.6. The lowest BCUT2D eigenvalue weighted by atomic mass is 10.1. The summed E-state index contributed by atoms with van der Waals surface area (Å²) in [4.78, 5) is 11.3. The van der Waals surface area contributed by atoms with Crippen molar-refractivity contribution in [3.8, 4) is 17.2 Å². The number of thioether (sulfide) groups is 1. The van der Waals surface area contributed by atoms with E-state index in [1.165, 1.54) is 36.6 Å². The van der Waals surface area contributed by atoms with Crippen LogP contribution in [-0.4, -0.2) is 33.3 Å². The number of aromatic nitrogens is 3. The van der Waals surface area contributed by atoms with Crippen LogP contribution >= 0.6 is 27.7 Å². The first-order chi connectivity index (χ1) is 18.2. The Labute approximate surface area is 232 Å². The molecule has 1 aromatic heterocycles. The summed E-state index contributed by atoms with van der Waals surface area (Å²) in [5.41, 5.74) is 4.63. The van der Waals surface area contributed by atoms with E-state index in [-0.39, 0.29) is 23.9 Å². The number of nitro groups is 1. The maximum Gasteiger partial charge on any atom is 0.220 e. The molecule has 0 radical (unpaired) electrons. The molecule has 4 aromatic rings. The number of methoxy groups -OCH3 is 1. The van der Waals surface area contributed by atoms with Crippen LogP contribution in [0.3, 0.4) is 0 Å². The maximum atomic E-state index is 13.2. The molecule has 0 saturated heterocycles. The molecule has 0 N–H and O–H groups in total. The Morgan fingerprint density at radius 2 is 1.82 bits per heavy atom. The van der Waals surface area contributed by atoms with Gasteiger partial charge in [-0.3, -0.25) is 14.7 Å². The molecule has 0 bridgehead atoms. The first-order valence-electron chi connectivity index (χ1n) is 11.7. The van der Waals surface area contributed by atoms with Crippen LogP contribution in [0.4, 0.5) is 4.39 Å². The van der Waals surface area contributed by atoms with Crippen molar-refractivity contribution in [2.75, 3.05) is 13.7 Å². The van der Waals surface area contributed by atoms with E-state index < -0.39 is 5.25 Å². The fraction of sp³-hybridized carbons (Fsp3) is 0.259. The van der Waals surface area contributed by atoms with Gasteiger partial charge < -0.3 is 9.47 Å². The Hall–Kier alpha value is -3.44. The molecule has 4 rings (SSSR count). The summed E-state index contributed by atoms with van der Waals surface area (Å²) in [6.07, 6.45) is 0. The fourth-order valence-electron chi connectivity index (χ4n) is 3.86. The minimum Gasteiger partial charge on any atom is -0.493 e. The average molecular weight is 601 g/mol. The molecule has 38 heavy (non-hydrogen) atoms. The molecule has 0 aliphatic rings. The van der Waals surface area contributed by atoms with Crippen LogP contribution in [-0.2, 0) is 6.61 Å². The molecule has 11 heteroatoms. The number of nitrogens with zero attached hydrogens (tertiary/aromatic N) is 4. The topological polar surface area (TPSA) is 92.3 Å². The highest BCUT2D eigenvalue weighted by atomic mass is 79.9. The highest BCUT2D eigenvalue weighted by Crippen LogP contribution is 2.43. The molecule has 0 saturated carbocycles. The van der Waals surface area contributed by atoms with Crippen molar-refractivity contribution in [3.05, 3.63) is 103 Å². The molecular formula is C27H26BrFN4O4S. The van der Waals surface area contributed by atoms with Gasteiger partial charge in [-0.15, -0.1) is 10.2 Å². The second kappa shape index (κ2) is 12.0. The summed E-state index contributed by atoms with van der Waals surface area (Å²) in [5.74, 6) is 1.21. The third-order valence-electron chi connectivity index (χ3n) is 6.03. The lowest BCUT2D eigenvalue weighted by molar-refractivity contribution is -0.479. The number of halogens is 2. The van der Waals surface area contributed by atoms with E-state index >= 15 is 0 Å². The number of hydrogen-bond acceptors (Lipinski definition) is 7. The zero-order chi connectivity index (χ0) is 27.4. The van der Waals surface area contributed by atoms with Crippen LogP contribution in [0.25, 0.3) is 5.69 Å². The molecule has 0 fully saturated rings. The van der Waals surface area contributed by atoms with E-state index in [9.17, 15) is 14.5 Å². The van der Waals surface area contributed by atoms with Gasteiger partial charge in [0.15, 0.2) is 16.7 Å². The molecule has 198 valence electrons. The molecule has 1 heterocycles. The van der Waals surface area contributed by atoms with E-state index in [0.29, 0.717) is 32.5 Å². The van der Waals surface area contributed by atoms with Gasteiger partial charge in [0.2, 0.25) is 6.54 Å². The number of aryl methyl sites for hydroxylation is 3. The zero-order valence-corrected chi connectivity index (χ0v) is 23.7. The van der Waals surface area contributed by atoms with Crippen molar-refractivity contribution in [2.24, 2.45) is 0 Å². The average Bonchev–Trinajstić information content (AvgIpc) is 3.24. The smallest absolute Gasteiger partial charge is 0.220 e. The molecule has 0 aliphatic heterocycles. The summed E-state index contributed by atoms with van der Waals surface area (Å²) < 4.78 is 27.2. The Morgan fingerprint density at radius 1 is 1.08 bits per heavy atom. The van der Waals surface area contributed by atoms with Crippen LogP contribution in [0.1, 0.15) is 33.3 Å². The van der Waals surface area contributed by atoms with Crippen LogP contribution in [0.15, 0.2) is 64.2 Å². The van der Waals surface area contributed by atoms with Crippen LogP contribution in [0.5, 0.6) is 11.5 Å². The van der Waals surface area contributed by atoms with Crippen LogP contribution in [0.2, 0.25) is 0 Å². The van der Waals surface area contributed by atoms with Crippen molar-refractivity contribution < 1.29 is 18.8 Å². The Morgan fingerprint density at radius 3 is 2.47 bits per heavy atom. The third-order valence-corrected chi connectivity index (χ3v) is 7.80. The van der Waals surface area contributed by atoms with E-state index in [1.54, 1.807) is 24.3 Å². The first kappa shape index (κ1) is 27.6. The summed E-state index contributed by atoms with van der Waals surface area (Å²) in [5, 5.41) is 20.2. The monoisotopic (exact) mass is 600 g/mol. The highest BCUT2D eigenvalue weighted by Gasteiger charge is 2.26. The van der Waals surface area contributed by atoms with Gasteiger partial charge in [-0.1, -0.05) is 30.0 Å². The molecular weight excluding hydrogens is 575 g/mol. The van der Waals surface area contributed by atoms with Crippen molar-refractivity contribution in [1.29, 1.82) is 0 Å². The van der Waals surface area contributed by atoms with Gasteiger partial charge in [-0.25, -0.2) is 4.39 Å². The van der Waals surface area contributed by atoms with Crippen LogP contribution < -0.4 is 9.47 Å². The van der Waals surface area contributed by atoms with Crippen LogP contribution in [0, 0.1) is 36.7 Å². The number of hydrogen-bond donors (Lipinski definition) is 0. The Bertz CT molecular complexity index is 1460. The molecule has 0 amide bonds. The predicted octanol–water partition coefficient (Wildman–Crippen LogP) is 6.79. The van der Waals surface area contributed by atoms with Gasteiger partial charge in [-0.2, -0.15) is 0 Å². The predicted molar refractivity (Wildman–Crippen MR) is 147 cm³/mol. The summed E-state index contributed by atoms with van der Waals surface area (Å²) in [6.45, 7) is 5.78. The van der Waals surface area contributed by atoms with E-state index in [1.807, 2.05) is 43.5 Å². The van der Waals surface area contributed by atoms with Crippen molar-refractivity contribution in [2.45, 2.75) is 37.8 Å². The largest absolute Gasteiger partial charge is 0.493 e. The van der Waals surface area contributed by atoms with Gasteiger partial charge in [0, 0.05) is 10.6 Å². The van der Waals surface area contributed by atoms with Gasteiger partial charge >= 0.3 is 0 Å². The normalized spacial score (nSPS) is 11.8. The highest BCUT2D eigenvalue weighted by molar-refractivity contribution is 9.10. The first-order valence-corrected chi connectivity index (χ1v) is 13.4. The molecule has 0 spiro atoms. The van der Waals surface area contributed by atoms with Crippen molar-refractivity contribution >= 4 is 27.7 Å². The molecule has 0 unspecified atom stereocenters. The number of ether oxygens (including phenoxy) is 2. The van der Waals surface area contributed by atoms with Crippen molar-refractivity contribution in [1.82, 2.24) is 14.8 Å². The summed E-state index contributed by atoms with van der Waals surface area (Å²) in [7, 11) is 1.51. The number of rotatable bonds is 10. The second-order valence-corrected chi connectivity index (χ2v) is 10.7. The van der Waals surface area contributed by atoms with E-state index in [0.717, 1.165) is 16.8 Å². The van der Waals surface area contributed by atoms with E-state index in [2.05, 4.69) is 26.1 Å². The van der Waals surface area contributed by atoms with Gasteiger partial charge in [0.05, 0.1) is 11.6 Å². The minimum absolute atomic E-state index is 0.194. The third kappa shape index (κ3) is 6.33. The lowest BCUT2D eigenvalue weighted by Gasteiger charge is -2.18. The molecule has 1 atom stereocenters. The molecule has 0 aliphatic carbocycles. The fourth-order valence-corrected chi connectivity index (χ4v) is 5.58.